The van der Waals surface area contributed by atoms with Crippen molar-refractivity contribution in [2.45, 2.75) is 49.8 Å². The average molecular weight is 406 g/mol. The number of benzene rings is 1. The van der Waals surface area contributed by atoms with E-state index in [1.54, 1.807) is 21.3 Å². The second-order valence-corrected chi connectivity index (χ2v) is 10.5. The third-order valence-electron chi connectivity index (χ3n) is 6.55. The van der Waals surface area contributed by atoms with Crippen molar-refractivity contribution < 1.29 is 13.2 Å². The predicted octanol–water partition coefficient (Wildman–Crippen LogP) is 2.18. The maximum Gasteiger partial charge on any atom is 0.253 e. The van der Waals surface area contributed by atoms with Crippen molar-refractivity contribution in [3.05, 3.63) is 35.9 Å². The molecule has 3 fully saturated rings. The van der Waals surface area contributed by atoms with Crippen molar-refractivity contribution in [1.82, 2.24) is 14.1 Å². The first-order chi connectivity index (χ1) is 13.6. The minimum Gasteiger partial charge on any atom is -0.337 e. The summed E-state index contributed by atoms with van der Waals surface area (Å²) in [4.78, 5) is 17.0. The van der Waals surface area contributed by atoms with E-state index in [4.69, 9.17) is 0 Å². The minimum absolute atomic E-state index is 0.0618. The van der Waals surface area contributed by atoms with Crippen LogP contribution in [0, 0.1) is 0 Å². The lowest BCUT2D eigenvalue weighted by Gasteiger charge is -2.39. The number of hydrogen-bond acceptors (Lipinski definition) is 4. The highest BCUT2D eigenvalue weighted by molar-refractivity contribution is 7.89. The van der Waals surface area contributed by atoms with Crippen LogP contribution in [0.5, 0.6) is 0 Å². The minimum atomic E-state index is -3.36. The first kappa shape index (κ1) is 19.9. The fraction of sp³-hybridized carbons (Fsp3) is 0.667. The molecular formula is C21H31N3O3S. The largest absolute Gasteiger partial charge is 0.337 e. The molecule has 154 valence electrons. The molecule has 0 bridgehead atoms. The van der Waals surface area contributed by atoms with Crippen LogP contribution in [-0.2, 0) is 10.0 Å². The highest BCUT2D eigenvalue weighted by Gasteiger charge is 2.39. The summed E-state index contributed by atoms with van der Waals surface area (Å²) in [6.45, 7) is 4.51. The van der Waals surface area contributed by atoms with E-state index in [1.165, 1.54) is 12.8 Å². The van der Waals surface area contributed by atoms with Gasteiger partial charge in [0.25, 0.3) is 5.91 Å². The van der Waals surface area contributed by atoms with Crippen LogP contribution in [0.15, 0.2) is 30.3 Å². The smallest absolute Gasteiger partial charge is 0.253 e. The van der Waals surface area contributed by atoms with Crippen molar-refractivity contribution in [2.24, 2.45) is 0 Å². The molecule has 1 aromatic carbocycles. The molecule has 1 amide bonds. The van der Waals surface area contributed by atoms with Crippen LogP contribution < -0.4 is 0 Å². The molecule has 0 N–H and O–H groups in total. The number of likely N-dealkylation sites (tertiary alicyclic amines) is 2. The van der Waals surface area contributed by atoms with Gasteiger partial charge in [0.1, 0.15) is 0 Å². The van der Waals surface area contributed by atoms with Gasteiger partial charge in [-0.2, -0.15) is 0 Å². The second-order valence-electron chi connectivity index (χ2n) is 8.30. The summed E-state index contributed by atoms with van der Waals surface area (Å²) < 4.78 is 28.2. The van der Waals surface area contributed by atoms with Gasteiger partial charge in [-0.25, -0.2) is 12.7 Å². The van der Waals surface area contributed by atoms with Gasteiger partial charge in [-0.15, -0.1) is 0 Å². The number of amides is 1. The van der Waals surface area contributed by atoms with Gasteiger partial charge in [-0.3, -0.25) is 4.79 Å². The third-order valence-corrected chi connectivity index (χ3v) is 8.86. The molecule has 1 aromatic rings. The lowest BCUT2D eigenvalue weighted by Crippen LogP contribution is -2.52. The molecule has 0 radical (unpaired) electrons. The second kappa shape index (κ2) is 8.51. The maximum atomic E-state index is 13.2. The summed E-state index contributed by atoms with van der Waals surface area (Å²) in [6.07, 6.45) is 5.79. The molecule has 28 heavy (non-hydrogen) atoms. The van der Waals surface area contributed by atoms with E-state index in [1.807, 2.05) is 18.2 Å². The Bertz CT molecular complexity index is 769. The van der Waals surface area contributed by atoms with Gasteiger partial charge in [0.2, 0.25) is 10.0 Å². The van der Waals surface area contributed by atoms with Gasteiger partial charge < -0.3 is 9.80 Å². The number of hydrogen-bond donors (Lipinski definition) is 0. The number of rotatable bonds is 4. The van der Waals surface area contributed by atoms with E-state index in [0.29, 0.717) is 44.2 Å². The number of sulfonamides is 1. The molecular weight excluding hydrogens is 374 g/mol. The lowest BCUT2D eigenvalue weighted by molar-refractivity contribution is 0.0725. The number of carbonyl (C=O) groups is 1. The summed E-state index contributed by atoms with van der Waals surface area (Å²) in [5, 5.41) is -0.475. The Kier molecular flexibility index (Phi) is 6.04. The van der Waals surface area contributed by atoms with E-state index in [0.717, 1.165) is 32.4 Å². The van der Waals surface area contributed by atoms with Gasteiger partial charge in [-0.05, 0) is 63.7 Å². The molecule has 1 atom stereocenters. The predicted molar refractivity (Wildman–Crippen MR) is 110 cm³/mol. The van der Waals surface area contributed by atoms with Gasteiger partial charge in [0.15, 0.2) is 0 Å². The summed E-state index contributed by atoms with van der Waals surface area (Å²) in [6, 6.07) is 9.70. The Balaban J connectivity index is 1.38. The first-order valence-corrected chi connectivity index (χ1v) is 12.1. The molecule has 3 aliphatic heterocycles. The van der Waals surface area contributed by atoms with Crippen molar-refractivity contribution in [1.29, 1.82) is 0 Å². The van der Waals surface area contributed by atoms with Crippen molar-refractivity contribution in [2.75, 3.05) is 39.3 Å². The zero-order valence-electron chi connectivity index (χ0n) is 16.5. The topological polar surface area (TPSA) is 60.9 Å². The molecule has 4 rings (SSSR count). The highest BCUT2D eigenvalue weighted by atomic mass is 32.2. The van der Waals surface area contributed by atoms with Gasteiger partial charge in [0.05, 0.1) is 5.25 Å². The van der Waals surface area contributed by atoms with Gasteiger partial charge >= 0.3 is 0 Å². The number of carbonyl (C=O) groups excluding carboxylic acids is 1. The van der Waals surface area contributed by atoms with Crippen LogP contribution in [-0.4, -0.2) is 79.0 Å². The molecule has 3 heterocycles. The van der Waals surface area contributed by atoms with Crippen LogP contribution in [0.1, 0.15) is 48.9 Å². The van der Waals surface area contributed by atoms with E-state index >= 15 is 0 Å². The van der Waals surface area contributed by atoms with E-state index in [2.05, 4.69) is 4.90 Å². The van der Waals surface area contributed by atoms with E-state index in [-0.39, 0.29) is 5.91 Å². The number of piperidine rings is 2. The fourth-order valence-corrected chi connectivity index (χ4v) is 6.88. The fourth-order valence-electron chi connectivity index (χ4n) is 4.91. The molecule has 0 saturated carbocycles. The van der Waals surface area contributed by atoms with Crippen LogP contribution in [0.2, 0.25) is 0 Å². The SMILES string of the molecule is O=C(c1ccccc1)N1CCC[C@@H](S(=O)(=O)N2CCC(N3CCCC3)CC2)C1. The molecule has 0 unspecified atom stereocenters. The van der Waals surface area contributed by atoms with Crippen molar-refractivity contribution >= 4 is 15.9 Å². The highest BCUT2D eigenvalue weighted by Crippen LogP contribution is 2.27. The van der Waals surface area contributed by atoms with Crippen LogP contribution in [0.3, 0.4) is 0 Å². The summed E-state index contributed by atoms with van der Waals surface area (Å²) in [5.41, 5.74) is 0.631. The monoisotopic (exact) mass is 405 g/mol. The van der Waals surface area contributed by atoms with Gasteiger partial charge in [0, 0.05) is 37.8 Å². The van der Waals surface area contributed by atoms with E-state index < -0.39 is 15.3 Å². The quantitative estimate of drug-likeness (QED) is 0.770. The molecule has 0 aromatic heterocycles. The first-order valence-electron chi connectivity index (χ1n) is 10.6. The van der Waals surface area contributed by atoms with E-state index in [9.17, 15) is 13.2 Å². The standard InChI is InChI=1S/C21H31N3O3S/c25-21(18-7-2-1-3-8-18)23-14-6-9-20(17-23)28(26,27)24-15-10-19(11-16-24)22-12-4-5-13-22/h1-3,7-8,19-20H,4-6,9-17H2/t20-/m1/s1. The lowest BCUT2D eigenvalue weighted by atomic mass is 10.1. The summed E-state index contributed by atoms with van der Waals surface area (Å²) in [5.74, 6) is -0.0618. The van der Waals surface area contributed by atoms with Gasteiger partial charge in [-0.1, -0.05) is 18.2 Å². The van der Waals surface area contributed by atoms with Crippen LogP contribution in [0.25, 0.3) is 0 Å². The molecule has 7 heteroatoms. The Morgan fingerprint density at radius 3 is 2.21 bits per heavy atom. The molecule has 6 nitrogen and oxygen atoms in total. The van der Waals surface area contributed by atoms with Crippen LogP contribution >= 0.6 is 0 Å². The van der Waals surface area contributed by atoms with Crippen molar-refractivity contribution in [3.8, 4) is 0 Å². The molecule has 3 saturated heterocycles. The summed E-state index contributed by atoms with van der Waals surface area (Å²) >= 11 is 0. The molecule has 0 spiro atoms. The van der Waals surface area contributed by atoms with Crippen LogP contribution in [0.4, 0.5) is 0 Å². The Hall–Kier alpha value is -1.44. The Labute approximate surface area is 168 Å². The third kappa shape index (κ3) is 4.11. The van der Waals surface area contributed by atoms with Crippen molar-refractivity contribution in [3.63, 3.8) is 0 Å². The normalized spacial score (nSPS) is 25.9. The molecule has 3 aliphatic rings. The maximum absolute atomic E-state index is 13.2. The zero-order valence-corrected chi connectivity index (χ0v) is 17.3. The average Bonchev–Trinajstić information content (AvgIpc) is 3.29. The number of nitrogens with zero attached hydrogens (tertiary/aromatic N) is 3. The summed E-state index contributed by atoms with van der Waals surface area (Å²) in [7, 11) is -3.36. The Morgan fingerprint density at radius 1 is 0.857 bits per heavy atom. The zero-order chi connectivity index (χ0) is 19.6. The molecule has 0 aliphatic carbocycles. The Morgan fingerprint density at radius 2 is 1.54 bits per heavy atom.